The third kappa shape index (κ3) is 3.02. The van der Waals surface area contributed by atoms with Crippen LogP contribution in [0.1, 0.15) is 46.0 Å². The number of hydrogen-bond acceptors (Lipinski definition) is 1. The molecule has 0 saturated carbocycles. The Labute approximate surface area is 105 Å². The molecule has 0 spiro atoms. The lowest BCUT2D eigenvalue weighted by Crippen LogP contribution is -2.46. The van der Waals surface area contributed by atoms with Crippen LogP contribution in [-0.4, -0.2) is 30.5 Å². The number of aliphatic imine (C=N–C) groups is 1. The van der Waals surface area contributed by atoms with E-state index in [9.17, 15) is 0 Å². The van der Waals surface area contributed by atoms with Gasteiger partial charge >= 0.3 is 0 Å². The van der Waals surface area contributed by atoms with Crippen LogP contribution in [0.4, 0.5) is 0 Å². The van der Waals surface area contributed by atoms with Crippen molar-refractivity contribution in [3.8, 4) is 0 Å². The second-order valence-corrected chi connectivity index (χ2v) is 5.87. The molecule has 96 valence electrons. The highest BCUT2D eigenvalue weighted by Gasteiger charge is 2.24. The zero-order valence-corrected chi connectivity index (χ0v) is 11.2. The molecule has 0 unspecified atom stereocenters. The number of guanidine groups is 1. The molecule has 1 aliphatic heterocycles. The maximum Gasteiger partial charge on any atom is 0.191 e. The molecule has 2 rings (SSSR count). The SMILES string of the molecule is CC(C)(CN=C(N)N1CCC1)C1=CCCCC1. The second-order valence-electron chi connectivity index (χ2n) is 5.87. The minimum atomic E-state index is 0.176. The molecule has 1 heterocycles. The van der Waals surface area contributed by atoms with Crippen molar-refractivity contribution in [1.82, 2.24) is 4.90 Å². The molecule has 0 aromatic rings. The maximum atomic E-state index is 5.97. The first-order valence-corrected chi connectivity index (χ1v) is 6.84. The van der Waals surface area contributed by atoms with E-state index < -0.39 is 0 Å². The van der Waals surface area contributed by atoms with Gasteiger partial charge in [0.1, 0.15) is 0 Å². The highest BCUT2D eigenvalue weighted by atomic mass is 15.3. The van der Waals surface area contributed by atoms with Gasteiger partial charge in [-0.3, -0.25) is 4.99 Å². The fourth-order valence-electron chi connectivity index (χ4n) is 2.48. The van der Waals surface area contributed by atoms with Crippen LogP contribution >= 0.6 is 0 Å². The molecule has 3 nitrogen and oxygen atoms in total. The van der Waals surface area contributed by atoms with Gasteiger partial charge in [-0.2, -0.15) is 0 Å². The van der Waals surface area contributed by atoms with Crippen molar-refractivity contribution in [1.29, 1.82) is 0 Å². The van der Waals surface area contributed by atoms with Crippen molar-refractivity contribution < 1.29 is 0 Å². The lowest BCUT2D eigenvalue weighted by atomic mass is 9.78. The average Bonchev–Trinajstić information content (AvgIpc) is 2.25. The summed E-state index contributed by atoms with van der Waals surface area (Å²) in [5.41, 5.74) is 7.72. The van der Waals surface area contributed by atoms with E-state index in [1.165, 1.54) is 32.1 Å². The van der Waals surface area contributed by atoms with Crippen molar-refractivity contribution in [2.24, 2.45) is 16.1 Å². The van der Waals surface area contributed by atoms with E-state index in [-0.39, 0.29) is 5.41 Å². The Morgan fingerprint density at radius 1 is 1.35 bits per heavy atom. The summed E-state index contributed by atoms with van der Waals surface area (Å²) in [6, 6.07) is 0. The summed E-state index contributed by atoms with van der Waals surface area (Å²) in [5.74, 6) is 0.737. The van der Waals surface area contributed by atoms with E-state index in [4.69, 9.17) is 5.73 Å². The second kappa shape index (κ2) is 5.11. The summed E-state index contributed by atoms with van der Waals surface area (Å²) < 4.78 is 0. The average molecular weight is 235 g/mol. The van der Waals surface area contributed by atoms with Gasteiger partial charge in [-0.15, -0.1) is 0 Å². The zero-order valence-electron chi connectivity index (χ0n) is 11.2. The summed E-state index contributed by atoms with van der Waals surface area (Å²) in [6.45, 7) is 7.56. The number of likely N-dealkylation sites (tertiary alicyclic amines) is 1. The molecule has 0 atom stereocenters. The third-order valence-electron chi connectivity index (χ3n) is 3.98. The summed E-state index contributed by atoms with van der Waals surface area (Å²) in [6.07, 6.45) is 8.83. The predicted molar refractivity (Wildman–Crippen MR) is 73.0 cm³/mol. The van der Waals surface area contributed by atoms with Crippen LogP contribution in [-0.2, 0) is 0 Å². The minimum Gasteiger partial charge on any atom is -0.370 e. The van der Waals surface area contributed by atoms with E-state index in [2.05, 4.69) is 29.8 Å². The van der Waals surface area contributed by atoms with Crippen molar-refractivity contribution in [2.45, 2.75) is 46.0 Å². The van der Waals surface area contributed by atoms with Gasteiger partial charge in [0.2, 0.25) is 0 Å². The van der Waals surface area contributed by atoms with E-state index in [1.807, 2.05) is 0 Å². The Kier molecular flexibility index (Phi) is 3.75. The quantitative estimate of drug-likeness (QED) is 0.464. The molecule has 1 fully saturated rings. The first-order valence-electron chi connectivity index (χ1n) is 6.84. The highest BCUT2D eigenvalue weighted by Crippen LogP contribution is 2.34. The van der Waals surface area contributed by atoms with Gasteiger partial charge in [0, 0.05) is 18.5 Å². The fraction of sp³-hybridized carbons (Fsp3) is 0.786. The molecule has 1 saturated heterocycles. The van der Waals surface area contributed by atoms with Gasteiger partial charge in [-0.05, 0) is 32.1 Å². The number of hydrogen-bond donors (Lipinski definition) is 1. The molecule has 17 heavy (non-hydrogen) atoms. The van der Waals surface area contributed by atoms with Crippen LogP contribution < -0.4 is 5.73 Å². The minimum absolute atomic E-state index is 0.176. The summed E-state index contributed by atoms with van der Waals surface area (Å²) >= 11 is 0. The molecule has 0 radical (unpaired) electrons. The lowest BCUT2D eigenvalue weighted by molar-refractivity contribution is 0.293. The van der Waals surface area contributed by atoms with Crippen LogP contribution in [0.2, 0.25) is 0 Å². The Morgan fingerprint density at radius 3 is 2.65 bits per heavy atom. The molecular weight excluding hydrogens is 210 g/mol. The number of rotatable bonds is 3. The number of nitrogens with zero attached hydrogens (tertiary/aromatic N) is 2. The van der Waals surface area contributed by atoms with Crippen molar-refractivity contribution in [3.63, 3.8) is 0 Å². The van der Waals surface area contributed by atoms with Crippen molar-refractivity contribution in [3.05, 3.63) is 11.6 Å². The molecule has 0 amide bonds. The van der Waals surface area contributed by atoms with Crippen LogP contribution in [0.5, 0.6) is 0 Å². The Bertz CT molecular complexity index is 324. The van der Waals surface area contributed by atoms with E-state index >= 15 is 0 Å². The normalized spacial score (nSPS) is 22.1. The summed E-state index contributed by atoms with van der Waals surface area (Å²) in [5, 5.41) is 0. The zero-order chi connectivity index (χ0) is 12.3. The topological polar surface area (TPSA) is 41.6 Å². The number of nitrogens with two attached hydrogens (primary N) is 1. The summed E-state index contributed by atoms with van der Waals surface area (Å²) in [7, 11) is 0. The molecule has 1 aliphatic carbocycles. The molecule has 2 aliphatic rings. The largest absolute Gasteiger partial charge is 0.370 e. The van der Waals surface area contributed by atoms with E-state index in [0.717, 1.165) is 25.6 Å². The molecule has 0 aromatic carbocycles. The van der Waals surface area contributed by atoms with Gasteiger partial charge in [-0.25, -0.2) is 0 Å². The van der Waals surface area contributed by atoms with Crippen LogP contribution in [0, 0.1) is 5.41 Å². The fourth-order valence-corrected chi connectivity index (χ4v) is 2.48. The summed E-state index contributed by atoms with van der Waals surface area (Å²) in [4.78, 5) is 6.73. The maximum absolute atomic E-state index is 5.97. The highest BCUT2D eigenvalue weighted by molar-refractivity contribution is 5.78. The number of allylic oxidation sites excluding steroid dienone is 1. The standard InChI is InChI=1S/C14H25N3/c1-14(2,12-7-4-3-5-8-12)11-16-13(15)17-9-6-10-17/h7H,3-6,8-11H2,1-2H3,(H2,15,16). The first kappa shape index (κ1) is 12.5. The molecule has 0 bridgehead atoms. The van der Waals surface area contributed by atoms with Crippen LogP contribution in [0.25, 0.3) is 0 Å². The lowest BCUT2D eigenvalue weighted by Gasteiger charge is -2.33. The van der Waals surface area contributed by atoms with Crippen molar-refractivity contribution >= 4 is 5.96 Å². The predicted octanol–water partition coefficient (Wildman–Crippen LogP) is 2.53. The Hall–Kier alpha value is -0.990. The Balaban J connectivity index is 1.93. The first-order chi connectivity index (χ1) is 8.09. The van der Waals surface area contributed by atoms with E-state index in [1.54, 1.807) is 5.57 Å². The van der Waals surface area contributed by atoms with Gasteiger partial charge in [-0.1, -0.05) is 25.5 Å². The van der Waals surface area contributed by atoms with Gasteiger partial charge < -0.3 is 10.6 Å². The molecule has 0 aromatic heterocycles. The third-order valence-corrected chi connectivity index (χ3v) is 3.98. The monoisotopic (exact) mass is 235 g/mol. The van der Waals surface area contributed by atoms with Gasteiger partial charge in [0.05, 0.1) is 6.54 Å². The van der Waals surface area contributed by atoms with Crippen LogP contribution in [0.15, 0.2) is 16.6 Å². The van der Waals surface area contributed by atoms with Gasteiger partial charge in [0.25, 0.3) is 0 Å². The van der Waals surface area contributed by atoms with Crippen LogP contribution in [0.3, 0.4) is 0 Å². The Morgan fingerprint density at radius 2 is 2.12 bits per heavy atom. The smallest absolute Gasteiger partial charge is 0.191 e. The van der Waals surface area contributed by atoms with E-state index in [0.29, 0.717) is 0 Å². The molecular formula is C14H25N3. The van der Waals surface area contributed by atoms with Gasteiger partial charge in [0.15, 0.2) is 5.96 Å². The molecule has 2 N–H and O–H groups in total. The van der Waals surface area contributed by atoms with Crippen molar-refractivity contribution in [2.75, 3.05) is 19.6 Å². The molecule has 3 heteroatoms.